The molecule has 1 aliphatic heterocycles. The minimum absolute atomic E-state index is 0.0375. The number of fused-ring (bicyclic) bond motifs is 3. The molecule has 0 spiro atoms. The Labute approximate surface area is 214 Å². The number of aliphatic carboxylic acids is 1. The summed E-state index contributed by atoms with van der Waals surface area (Å²) in [5, 5.41) is 12.3. The summed E-state index contributed by atoms with van der Waals surface area (Å²) in [5.41, 5.74) is 1.50. The van der Waals surface area contributed by atoms with Crippen LogP contribution in [-0.2, 0) is 32.7 Å². The lowest BCUT2D eigenvalue weighted by Crippen LogP contribution is -2.39. The van der Waals surface area contributed by atoms with Gasteiger partial charge in [-0.3, -0.25) is 19.1 Å². The molecule has 1 aromatic carbocycles. The number of sulfonamides is 1. The Balaban J connectivity index is 0.000000505. The number of amides is 2. The van der Waals surface area contributed by atoms with Crippen molar-refractivity contribution in [3.05, 3.63) is 72.1 Å². The predicted molar refractivity (Wildman–Crippen MR) is 124 cm³/mol. The van der Waals surface area contributed by atoms with Crippen molar-refractivity contribution in [2.75, 3.05) is 13.6 Å². The van der Waals surface area contributed by atoms with Crippen LogP contribution < -0.4 is 10.6 Å². The smallest absolute Gasteiger partial charge is 0.475 e. The first-order chi connectivity index (χ1) is 17.9. The number of pyridine rings is 1. The van der Waals surface area contributed by atoms with E-state index in [4.69, 9.17) is 9.90 Å². The molecule has 0 atom stereocenters. The maximum Gasteiger partial charge on any atom is 0.490 e. The highest BCUT2D eigenvalue weighted by Crippen LogP contribution is 2.31. The fourth-order valence-corrected chi connectivity index (χ4v) is 4.86. The monoisotopic (exact) mass is 554 g/mol. The molecule has 0 radical (unpaired) electrons. The molecule has 0 saturated carbocycles. The third-order valence-corrected chi connectivity index (χ3v) is 6.99. The Bertz CT molecular complexity index is 1440. The summed E-state index contributed by atoms with van der Waals surface area (Å²) in [6.07, 6.45) is -2.04. The van der Waals surface area contributed by atoms with E-state index in [-0.39, 0.29) is 30.2 Å². The van der Waals surface area contributed by atoms with Crippen molar-refractivity contribution in [3.8, 4) is 5.69 Å². The minimum Gasteiger partial charge on any atom is -0.475 e. The molecular formula is C22H21F3N6O6S. The summed E-state index contributed by atoms with van der Waals surface area (Å²) in [4.78, 5) is 42.2. The fraction of sp³-hybridized carbons (Fsp3) is 0.227. The topological polar surface area (TPSA) is 164 Å². The van der Waals surface area contributed by atoms with E-state index in [9.17, 15) is 31.2 Å². The van der Waals surface area contributed by atoms with E-state index in [1.807, 2.05) is 6.07 Å². The molecule has 2 amide bonds. The van der Waals surface area contributed by atoms with Gasteiger partial charge in [-0.15, -0.1) is 0 Å². The molecule has 3 N–H and O–H groups in total. The van der Waals surface area contributed by atoms with Crippen LogP contribution in [0, 0.1) is 0 Å². The lowest BCUT2D eigenvalue weighted by Gasteiger charge is -2.19. The number of halogens is 3. The summed E-state index contributed by atoms with van der Waals surface area (Å²) < 4.78 is 60.8. The van der Waals surface area contributed by atoms with E-state index >= 15 is 0 Å². The zero-order valence-corrected chi connectivity index (χ0v) is 20.5. The van der Waals surface area contributed by atoms with Crippen molar-refractivity contribution < 1.29 is 41.1 Å². The van der Waals surface area contributed by atoms with Gasteiger partial charge in [-0.05, 0) is 24.3 Å². The molecule has 202 valence electrons. The molecule has 0 aliphatic carbocycles. The molecule has 0 unspecified atom stereocenters. The van der Waals surface area contributed by atoms with E-state index in [1.54, 1.807) is 41.1 Å². The average Bonchev–Trinajstić information content (AvgIpc) is 3.27. The quantitative estimate of drug-likeness (QED) is 0.422. The second-order valence-electron chi connectivity index (χ2n) is 7.63. The van der Waals surface area contributed by atoms with Gasteiger partial charge in [-0.25, -0.2) is 18.2 Å². The first-order valence-electron chi connectivity index (χ1n) is 10.7. The SMILES string of the molecule is CNC(=O)CN1Cc2c(C(=O)NCc3ccccn3)ncn2-c2ccccc2S1(=O)=O.O=C(O)C(F)(F)F. The molecule has 2 aromatic heterocycles. The van der Waals surface area contributed by atoms with Crippen molar-refractivity contribution in [1.29, 1.82) is 0 Å². The van der Waals surface area contributed by atoms with Crippen LogP contribution in [0.25, 0.3) is 5.69 Å². The van der Waals surface area contributed by atoms with Gasteiger partial charge >= 0.3 is 12.1 Å². The standard InChI is InChI=1S/C20H20N6O4S.C2HF3O2/c1-21-18(27)12-25-11-16-19(20(28)23-10-14-6-4-5-9-22-14)24-13-26(16)15-7-2-3-8-17(15)31(25,29)30;3-2(4,5)1(6)7/h2-9,13H,10-12H2,1H3,(H,21,27)(H,23,28);(H,6,7). The Morgan fingerprint density at radius 2 is 1.74 bits per heavy atom. The van der Waals surface area contributed by atoms with E-state index < -0.39 is 34.0 Å². The minimum atomic E-state index is -5.08. The fourth-order valence-electron chi connectivity index (χ4n) is 3.32. The zero-order chi connectivity index (χ0) is 28.1. The summed E-state index contributed by atoms with van der Waals surface area (Å²) in [5.74, 6) is -3.68. The van der Waals surface area contributed by atoms with Gasteiger partial charge in [0.2, 0.25) is 15.9 Å². The summed E-state index contributed by atoms with van der Waals surface area (Å²) in [7, 11) is -2.55. The molecule has 16 heteroatoms. The molecule has 4 rings (SSSR count). The highest BCUT2D eigenvalue weighted by Gasteiger charge is 2.38. The van der Waals surface area contributed by atoms with Gasteiger partial charge in [-0.1, -0.05) is 18.2 Å². The van der Waals surface area contributed by atoms with Gasteiger partial charge in [0.1, 0.15) is 11.2 Å². The molecular weight excluding hydrogens is 533 g/mol. The van der Waals surface area contributed by atoms with E-state index in [2.05, 4.69) is 20.6 Å². The van der Waals surface area contributed by atoms with Crippen molar-refractivity contribution >= 4 is 27.8 Å². The van der Waals surface area contributed by atoms with Gasteiger partial charge in [-0.2, -0.15) is 17.5 Å². The van der Waals surface area contributed by atoms with Crippen molar-refractivity contribution in [2.45, 2.75) is 24.2 Å². The number of carbonyl (C=O) groups is 3. The number of para-hydroxylation sites is 1. The van der Waals surface area contributed by atoms with Gasteiger partial charge < -0.3 is 15.7 Å². The second kappa shape index (κ2) is 11.4. The molecule has 0 bridgehead atoms. The highest BCUT2D eigenvalue weighted by atomic mass is 32.2. The van der Waals surface area contributed by atoms with Crippen LogP contribution in [0.1, 0.15) is 21.9 Å². The number of hydrogen-bond acceptors (Lipinski definition) is 7. The first-order valence-corrected chi connectivity index (χ1v) is 12.1. The molecule has 12 nitrogen and oxygen atoms in total. The number of likely N-dealkylation sites (N-methyl/N-ethyl adjacent to an activating group) is 1. The Hall–Kier alpha value is -4.31. The van der Waals surface area contributed by atoms with Crippen molar-refractivity contribution in [3.63, 3.8) is 0 Å². The van der Waals surface area contributed by atoms with Crippen LogP contribution in [0.3, 0.4) is 0 Å². The average molecular weight is 555 g/mol. The first kappa shape index (κ1) is 28.3. The van der Waals surface area contributed by atoms with E-state index in [1.165, 1.54) is 19.4 Å². The summed E-state index contributed by atoms with van der Waals surface area (Å²) in [6.45, 7) is -0.368. The third-order valence-electron chi connectivity index (χ3n) is 5.15. The van der Waals surface area contributed by atoms with Crippen LogP contribution >= 0.6 is 0 Å². The van der Waals surface area contributed by atoms with Gasteiger partial charge in [0.15, 0.2) is 5.69 Å². The third kappa shape index (κ3) is 6.33. The number of benzene rings is 1. The molecule has 0 saturated heterocycles. The van der Waals surface area contributed by atoms with Gasteiger partial charge in [0.25, 0.3) is 5.91 Å². The Morgan fingerprint density at radius 3 is 2.34 bits per heavy atom. The Morgan fingerprint density at radius 1 is 1.08 bits per heavy atom. The molecule has 1 aliphatic rings. The molecule has 3 heterocycles. The number of carboxylic acid groups (broad SMARTS) is 1. The van der Waals surface area contributed by atoms with Crippen LogP contribution in [0.5, 0.6) is 0 Å². The number of imidazole rings is 1. The lowest BCUT2D eigenvalue weighted by atomic mass is 10.2. The maximum atomic E-state index is 13.2. The summed E-state index contributed by atoms with van der Waals surface area (Å²) >= 11 is 0. The Kier molecular flexibility index (Phi) is 8.47. The predicted octanol–water partition coefficient (Wildman–Crippen LogP) is 1.08. The van der Waals surface area contributed by atoms with Crippen molar-refractivity contribution in [2.24, 2.45) is 0 Å². The molecule has 3 aromatic rings. The van der Waals surface area contributed by atoms with Crippen LogP contribution in [-0.4, -0.2) is 69.9 Å². The maximum absolute atomic E-state index is 13.2. The van der Waals surface area contributed by atoms with Gasteiger partial charge in [0, 0.05) is 13.2 Å². The number of alkyl halides is 3. The number of carbonyl (C=O) groups excluding carboxylic acids is 2. The second-order valence-corrected chi connectivity index (χ2v) is 9.54. The van der Waals surface area contributed by atoms with Crippen LogP contribution in [0.2, 0.25) is 0 Å². The normalized spacial score (nSPS) is 14.1. The number of aromatic nitrogens is 3. The number of carboxylic acids is 1. The highest BCUT2D eigenvalue weighted by molar-refractivity contribution is 7.89. The molecule has 38 heavy (non-hydrogen) atoms. The van der Waals surface area contributed by atoms with Crippen LogP contribution in [0.15, 0.2) is 59.9 Å². The largest absolute Gasteiger partial charge is 0.490 e. The lowest BCUT2D eigenvalue weighted by molar-refractivity contribution is -0.192. The number of hydrogen-bond donors (Lipinski definition) is 3. The molecule has 0 fully saturated rings. The number of nitrogens with zero attached hydrogens (tertiary/aromatic N) is 4. The van der Waals surface area contributed by atoms with Gasteiger partial charge in [0.05, 0.1) is 36.7 Å². The van der Waals surface area contributed by atoms with Crippen LogP contribution in [0.4, 0.5) is 13.2 Å². The number of rotatable bonds is 5. The summed E-state index contributed by atoms with van der Waals surface area (Å²) in [6, 6.07) is 11.8. The van der Waals surface area contributed by atoms with E-state index in [0.717, 1.165) is 4.31 Å². The number of nitrogens with one attached hydrogen (secondary N) is 2. The van der Waals surface area contributed by atoms with Crippen molar-refractivity contribution in [1.82, 2.24) is 29.5 Å². The zero-order valence-electron chi connectivity index (χ0n) is 19.6. The van der Waals surface area contributed by atoms with E-state index in [0.29, 0.717) is 17.1 Å².